The average molecular weight is 196 g/mol. The maximum absolute atomic E-state index is 4.40. The van der Waals surface area contributed by atoms with Gasteiger partial charge >= 0.3 is 0 Å². The number of hydrogen-bond donors (Lipinski definition) is 1. The number of aromatic nitrogens is 1. The first-order valence-corrected chi connectivity index (χ1v) is 5.40. The van der Waals surface area contributed by atoms with E-state index in [2.05, 4.69) is 28.7 Å². The first-order chi connectivity index (χ1) is 6.26. The highest BCUT2D eigenvalue weighted by Crippen LogP contribution is 2.13. The van der Waals surface area contributed by atoms with Gasteiger partial charge in [0, 0.05) is 17.6 Å². The van der Waals surface area contributed by atoms with Crippen molar-refractivity contribution in [3.8, 4) is 0 Å². The Labute approximate surface area is 83.7 Å². The van der Waals surface area contributed by atoms with Crippen LogP contribution in [0.4, 0.5) is 0 Å². The van der Waals surface area contributed by atoms with Crippen molar-refractivity contribution in [1.29, 1.82) is 0 Å². The van der Waals surface area contributed by atoms with E-state index < -0.39 is 0 Å². The van der Waals surface area contributed by atoms with Crippen LogP contribution in [0, 0.1) is 6.92 Å². The number of rotatable bonds is 4. The summed E-state index contributed by atoms with van der Waals surface area (Å²) >= 11 is 1.70. The van der Waals surface area contributed by atoms with Gasteiger partial charge in [0.25, 0.3) is 0 Å². The van der Waals surface area contributed by atoms with E-state index in [4.69, 9.17) is 0 Å². The van der Waals surface area contributed by atoms with Gasteiger partial charge in [-0.2, -0.15) is 0 Å². The van der Waals surface area contributed by atoms with Gasteiger partial charge < -0.3 is 5.32 Å². The number of aryl methyl sites for hydroxylation is 1. The van der Waals surface area contributed by atoms with E-state index in [-0.39, 0.29) is 0 Å². The third kappa shape index (κ3) is 3.28. The third-order valence-electron chi connectivity index (χ3n) is 1.82. The number of hydrogen-bond acceptors (Lipinski definition) is 3. The van der Waals surface area contributed by atoms with E-state index in [1.807, 2.05) is 14.0 Å². The maximum Gasteiger partial charge on any atom is 0.116 e. The zero-order chi connectivity index (χ0) is 9.68. The predicted molar refractivity (Wildman–Crippen MR) is 59.0 cm³/mol. The molecule has 0 bridgehead atoms. The fraction of sp³-hybridized carbons (Fsp3) is 0.500. The molecule has 0 unspecified atom stereocenters. The molecule has 0 aliphatic carbocycles. The molecule has 3 heteroatoms. The van der Waals surface area contributed by atoms with E-state index >= 15 is 0 Å². The number of nitrogens with one attached hydrogen (secondary N) is 1. The molecule has 1 aromatic rings. The van der Waals surface area contributed by atoms with Crippen molar-refractivity contribution < 1.29 is 0 Å². The SMILES string of the molecule is CCC(=Cc1nc(C)cs1)CNC. The Kier molecular flexibility index (Phi) is 4.12. The second-order valence-electron chi connectivity index (χ2n) is 3.01. The molecule has 0 saturated heterocycles. The average Bonchev–Trinajstić information content (AvgIpc) is 2.50. The van der Waals surface area contributed by atoms with Crippen LogP contribution in [-0.2, 0) is 0 Å². The molecule has 0 radical (unpaired) electrons. The molecule has 0 aliphatic rings. The zero-order valence-corrected chi connectivity index (χ0v) is 9.24. The van der Waals surface area contributed by atoms with Crippen LogP contribution in [0.25, 0.3) is 6.08 Å². The van der Waals surface area contributed by atoms with E-state index in [1.54, 1.807) is 11.3 Å². The molecule has 0 saturated carbocycles. The molecular formula is C10H16N2S. The lowest BCUT2D eigenvalue weighted by Crippen LogP contribution is -2.09. The van der Waals surface area contributed by atoms with Crippen molar-refractivity contribution in [3.63, 3.8) is 0 Å². The van der Waals surface area contributed by atoms with Gasteiger partial charge in [-0.05, 0) is 26.5 Å². The van der Waals surface area contributed by atoms with Gasteiger partial charge in [0.2, 0.25) is 0 Å². The number of nitrogens with zero attached hydrogens (tertiary/aromatic N) is 1. The molecule has 1 rings (SSSR count). The molecule has 0 atom stereocenters. The molecular weight excluding hydrogens is 180 g/mol. The van der Waals surface area contributed by atoms with Crippen molar-refractivity contribution in [3.05, 3.63) is 21.7 Å². The lowest BCUT2D eigenvalue weighted by Gasteiger charge is -2.01. The van der Waals surface area contributed by atoms with Gasteiger partial charge in [0.05, 0.1) is 0 Å². The van der Waals surface area contributed by atoms with Crippen LogP contribution in [0.5, 0.6) is 0 Å². The van der Waals surface area contributed by atoms with Crippen molar-refractivity contribution in [2.45, 2.75) is 20.3 Å². The topological polar surface area (TPSA) is 24.9 Å². The van der Waals surface area contributed by atoms with Crippen molar-refractivity contribution in [1.82, 2.24) is 10.3 Å². The Bertz CT molecular complexity index is 289. The largest absolute Gasteiger partial charge is 0.316 e. The van der Waals surface area contributed by atoms with Gasteiger partial charge in [-0.3, -0.25) is 0 Å². The molecule has 13 heavy (non-hydrogen) atoms. The van der Waals surface area contributed by atoms with Crippen LogP contribution < -0.4 is 5.32 Å². The van der Waals surface area contributed by atoms with Gasteiger partial charge in [0.1, 0.15) is 5.01 Å². The Morgan fingerprint density at radius 2 is 2.46 bits per heavy atom. The summed E-state index contributed by atoms with van der Waals surface area (Å²) < 4.78 is 0. The van der Waals surface area contributed by atoms with Crippen LogP contribution in [0.3, 0.4) is 0 Å². The summed E-state index contributed by atoms with van der Waals surface area (Å²) in [5.41, 5.74) is 2.51. The monoisotopic (exact) mass is 196 g/mol. The molecule has 1 aromatic heterocycles. The standard InChI is InChI=1S/C10H16N2S/c1-4-9(6-11-3)5-10-12-8(2)7-13-10/h5,7,11H,4,6H2,1-3H3. The normalized spacial score (nSPS) is 12.1. The van der Waals surface area contributed by atoms with Gasteiger partial charge in [-0.1, -0.05) is 12.5 Å². The van der Waals surface area contributed by atoms with Crippen LogP contribution >= 0.6 is 11.3 Å². The second-order valence-corrected chi connectivity index (χ2v) is 3.90. The van der Waals surface area contributed by atoms with E-state index in [9.17, 15) is 0 Å². The van der Waals surface area contributed by atoms with E-state index in [0.717, 1.165) is 23.7 Å². The van der Waals surface area contributed by atoms with Crippen LogP contribution in [-0.4, -0.2) is 18.6 Å². The number of thiazole rings is 1. The van der Waals surface area contributed by atoms with Crippen LogP contribution in [0.2, 0.25) is 0 Å². The van der Waals surface area contributed by atoms with Gasteiger partial charge in [-0.25, -0.2) is 4.98 Å². The minimum Gasteiger partial charge on any atom is -0.316 e. The molecule has 0 aromatic carbocycles. The Balaban J connectivity index is 2.72. The summed E-state index contributed by atoms with van der Waals surface area (Å²) in [7, 11) is 1.97. The summed E-state index contributed by atoms with van der Waals surface area (Å²) in [6, 6.07) is 0. The van der Waals surface area contributed by atoms with Crippen molar-refractivity contribution in [2.75, 3.05) is 13.6 Å². The highest BCUT2D eigenvalue weighted by atomic mass is 32.1. The summed E-state index contributed by atoms with van der Waals surface area (Å²) in [5.74, 6) is 0. The maximum atomic E-state index is 4.40. The smallest absolute Gasteiger partial charge is 0.116 e. The fourth-order valence-electron chi connectivity index (χ4n) is 1.12. The quantitative estimate of drug-likeness (QED) is 0.800. The molecule has 2 nitrogen and oxygen atoms in total. The minimum absolute atomic E-state index is 0.953. The van der Waals surface area contributed by atoms with Crippen LogP contribution in [0.1, 0.15) is 24.0 Å². The zero-order valence-electron chi connectivity index (χ0n) is 8.42. The first kappa shape index (κ1) is 10.4. The molecule has 0 aliphatic heterocycles. The van der Waals surface area contributed by atoms with E-state index in [0.29, 0.717) is 0 Å². The van der Waals surface area contributed by atoms with E-state index in [1.165, 1.54) is 5.57 Å². The summed E-state index contributed by atoms with van der Waals surface area (Å²) in [6.07, 6.45) is 3.26. The summed E-state index contributed by atoms with van der Waals surface area (Å²) in [5, 5.41) is 6.35. The molecule has 1 N–H and O–H groups in total. The lowest BCUT2D eigenvalue weighted by molar-refractivity contribution is 0.850. The Morgan fingerprint density at radius 3 is 2.92 bits per heavy atom. The minimum atomic E-state index is 0.953. The van der Waals surface area contributed by atoms with Crippen molar-refractivity contribution >= 4 is 17.4 Å². The highest BCUT2D eigenvalue weighted by Gasteiger charge is 1.97. The van der Waals surface area contributed by atoms with Gasteiger partial charge in [0.15, 0.2) is 0 Å². The summed E-state index contributed by atoms with van der Waals surface area (Å²) in [4.78, 5) is 4.40. The molecule has 0 spiro atoms. The third-order valence-corrected chi connectivity index (χ3v) is 2.73. The lowest BCUT2D eigenvalue weighted by atomic mass is 10.2. The molecule has 0 fully saturated rings. The molecule has 0 amide bonds. The predicted octanol–water partition coefficient (Wildman–Crippen LogP) is 2.46. The summed E-state index contributed by atoms with van der Waals surface area (Å²) in [6.45, 7) is 5.15. The first-order valence-electron chi connectivity index (χ1n) is 4.52. The Morgan fingerprint density at radius 1 is 1.69 bits per heavy atom. The Hall–Kier alpha value is -0.670. The molecule has 72 valence electrons. The fourth-order valence-corrected chi connectivity index (χ4v) is 1.89. The highest BCUT2D eigenvalue weighted by molar-refractivity contribution is 7.10. The second kappa shape index (κ2) is 5.14. The number of likely N-dealkylation sites (N-methyl/N-ethyl adjacent to an activating group) is 1. The van der Waals surface area contributed by atoms with Gasteiger partial charge in [-0.15, -0.1) is 11.3 Å². The molecule has 1 heterocycles. The van der Waals surface area contributed by atoms with Crippen molar-refractivity contribution in [2.24, 2.45) is 0 Å². The van der Waals surface area contributed by atoms with Crippen LogP contribution in [0.15, 0.2) is 11.0 Å².